The molecule has 0 unspecified atom stereocenters. The number of furan rings is 1. The van der Waals surface area contributed by atoms with Crippen LogP contribution in [0.2, 0.25) is 0 Å². The van der Waals surface area contributed by atoms with Crippen molar-refractivity contribution >= 4 is 49.8 Å². The Morgan fingerprint density at radius 2 is 0.912 bits per heavy atom. The Balaban J connectivity index is 1.12. The first-order valence-electron chi connectivity index (χ1n) is 19.8. The molecular weight excluding hydrogens is 691 g/mol. The van der Waals surface area contributed by atoms with Crippen molar-refractivity contribution in [1.82, 2.24) is 0 Å². The second-order valence-corrected chi connectivity index (χ2v) is 15.7. The fourth-order valence-electron chi connectivity index (χ4n) is 9.31. The summed E-state index contributed by atoms with van der Waals surface area (Å²) in [7, 11) is 0. The van der Waals surface area contributed by atoms with E-state index in [2.05, 4.69) is 213 Å². The van der Waals surface area contributed by atoms with Crippen LogP contribution in [-0.4, -0.2) is 0 Å². The molecule has 0 saturated heterocycles. The number of para-hydroxylation sites is 2. The normalized spacial score (nSPS) is 12.9. The summed E-state index contributed by atoms with van der Waals surface area (Å²) in [6.07, 6.45) is 0. The molecule has 0 aliphatic heterocycles. The molecule has 0 spiro atoms. The lowest BCUT2D eigenvalue weighted by molar-refractivity contribution is 0.666. The Kier molecular flexibility index (Phi) is 7.55. The molecule has 0 radical (unpaired) electrons. The third kappa shape index (κ3) is 5.33. The van der Waals surface area contributed by atoms with Gasteiger partial charge in [0.1, 0.15) is 11.2 Å². The molecule has 10 aromatic rings. The van der Waals surface area contributed by atoms with E-state index in [0.717, 1.165) is 50.1 Å². The van der Waals surface area contributed by atoms with E-state index in [1.807, 2.05) is 6.07 Å². The number of anilines is 3. The Morgan fingerprint density at radius 1 is 0.386 bits per heavy atom. The van der Waals surface area contributed by atoms with E-state index in [4.69, 9.17) is 4.42 Å². The van der Waals surface area contributed by atoms with Crippen LogP contribution < -0.4 is 4.90 Å². The van der Waals surface area contributed by atoms with E-state index in [9.17, 15) is 0 Å². The fraction of sp³-hybridized carbons (Fsp3) is 0.0545. The van der Waals surface area contributed by atoms with Gasteiger partial charge in [-0.15, -0.1) is 0 Å². The molecule has 57 heavy (non-hydrogen) atoms. The topological polar surface area (TPSA) is 16.4 Å². The largest absolute Gasteiger partial charge is 0.455 e. The average molecular weight is 730 g/mol. The quantitative estimate of drug-likeness (QED) is 0.169. The molecule has 270 valence electrons. The first-order chi connectivity index (χ1) is 28.0. The Morgan fingerprint density at radius 3 is 1.56 bits per heavy atom. The SMILES string of the molecule is CC1(C)c2ccc(-c3cccc4c3oc3ccccc34)cc2-c2cc(N(c3ccc(-c4ccccc4)cc3)c3ccc(-c4ccccc4)cc3)c3ccccc3c21. The van der Waals surface area contributed by atoms with E-state index in [-0.39, 0.29) is 5.41 Å². The number of hydrogen-bond acceptors (Lipinski definition) is 2. The minimum absolute atomic E-state index is 0.202. The van der Waals surface area contributed by atoms with Gasteiger partial charge in [-0.1, -0.05) is 172 Å². The first kappa shape index (κ1) is 33.2. The van der Waals surface area contributed by atoms with Gasteiger partial charge in [0, 0.05) is 38.5 Å². The minimum Gasteiger partial charge on any atom is -0.455 e. The minimum atomic E-state index is -0.202. The highest BCUT2D eigenvalue weighted by molar-refractivity contribution is 6.11. The summed E-state index contributed by atoms with van der Waals surface area (Å²) in [4.78, 5) is 2.44. The third-order valence-electron chi connectivity index (χ3n) is 12.1. The molecule has 0 saturated carbocycles. The Labute approximate surface area is 332 Å². The summed E-state index contributed by atoms with van der Waals surface area (Å²) in [6, 6.07) is 72.6. The molecule has 1 aromatic heterocycles. The number of hydrogen-bond donors (Lipinski definition) is 0. The summed E-state index contributed by atoms with van der Waals surface area (Å²) >= 11 is 0. The molecule has 2 nitrogen and oxygen atoms in total. The van der Waals surface area contributed by atoms with E-state index in [1.165, 1.54) is 55.3 Å². The van der Waals surface area contributed by atoms with Gasteiger partial charge in [0.05, 0.1) is 5.69 Å². The van der Waals surface area contributed by atoms with Crippen molar-refractivity contribution in [3.63, 3.8) is 0 Å². The number of benzene rings is 9. The van der Waals surface area contributed by atoms with E-state index in [1.54, 1.807) is 0 Å². The van der Waals surface area contributed by atoms with Crippen molar-refractivity contribution in [3.8, 4) is 44.5 Å². The maximum absolute atomic E-state index is 6.54. The predicted octanol–water partition coefficient (Wildman–Crippen LogP) is 15.5. The molecule has 0 fully saturated rings. The molecule has 0 bridgehead atoms. The Hall–Kier alpha value is -7.16. The summed E-state index contributed by atoms with van der Waals surface area (Å²) in [5, 5.41) is 4.79. The van der Waals surface area contributed by atoms with Gasteiger partial charge in [-0.05, 0) is 97.9 Å². The van der Waals surface area contributed by atoms with Crippen molar-refractivity contribution in [2.75, 3.05) is 4.90 Å². The first-order valence-corrected chi connectivity index (χ1v) is 19.8. The second-order valence-electron chi connectivity index (χ2n) is 15.7. The van der Waals surface area contributed by atoms with Crippen LogP contribution in [0.4, 0.5) is 17.1 Å². The van der Waals surface area contributed by atoms with Crippen LogP contribution in [0, 0.1) is 0 Å². The monoisotopic (exact) mass is 729 g/mol. The van der Waals surface area contributed by atoms with Crippen LogP contribution in [0.5, 0.6) is 0 Å². The zero-order chi connectivity index (χ0) is 38.1. The van der Waals surface area contributed by atoms with Crippen LogP contribution in [0.25, 0.3) is 77.2 Å². The van der Waals surface area contributed by atoms with Crippen molar-refractivity contribution in [2.45, 2.75) is 19.3 Å². The fourth-order valence-corrected chi connectivity index (χ4v) is 9.31. The number of rotatable bonds is 6. The zero-order valence-electron chi connectivity index (χ0n) is 31.9. The molecule has 0 N–H and O–H groups in total. The summed E-state index contributed by atoms with van der Waals surface area (Å²) in [5.41, 5.74) is 17.3. The van der Waals surface area contributed by atoms with Gasteiger partial charge in [-0.2, -0.15) is 0 Å². The van der Waals surface area contributed by atoms with Crippen molar-refractivity contribution in [2.24, 2.45) is 0 Å². The van der Waals surface area contributed by atoms with Crippen LogP contribution in [-0.2, 0) is 5.41 Å². The highest BCUT2D eigenvalue weighted by Gasteiger charge is 2.38. The van der Waals surface area contributed by atoms with Crippen LogP contribution in [0.15, 0.2) is 205 Å². The van der Waals surface area contributed by atoms with Crippen molar-refractivity contribution < 1.29 is 4.42 Å². The van der Waals surface area contributed by atoms with Crippen LogP contribution in [0.1, 0.15) is 25.0 Å². The third-order valence-corrected chi connectivity index (χ3v) is 12.1. The summed E-state index contributed by atoms with van der Waals surface area (Å²) in [6.45, 7) is 4.76. The highest BCUT2D eigenvalue weighted by Crippen LogP contribution is 2.55. The number of fused-ring (bicyclic) bond motifs is 8. The predicted molar refractivity (Wildman–Crippen MR) is 240 cm³/mol. The maximum atomic E-state index is 6.54. The molecule has 0 amide bonds. The summed E-state index contributed by atoms with van der Waals surface area (Å²) in [5.74, 6) is 0. The van der Waals surface area contributed by atoms with Crippen molar-refractivity contribution in [1.29, 1.82) is 0 Å². The van der Waals surface area contributed by atoms with Crippen LogP contribution in [0.3, 0.4) is 0 Å². The van der Waals surface area contributed by atoms with Gasteiger partial charge in [0.2, 0.25) is 0 Å². The molecule has 11 rings (SSSR count). The smallest absolute Gasteiger partial charge is 0.143 e. The zero-order valence-corrected chi connectivity index (χ0v) is 31.9. The lowest BCUT2D eigenvalue weighted by Gasteiger charge is -2.30. The van der Waals surface area contributed by atoms with E-state index in [0.29, 0.717) is 0 Å². The summed E-state index contributed by atoms with van der Waals surface area (Å²) < 4.78 is 6.54. The van der Waals surface area contributed by atoms with Gasteiger partial charge in [-0.3, -0.25) is 0 Å². The maximum Gasteiger partial charge on any atom is 0.143 e. The molecule has 9 aromatic carbocycles. The van der Waals surface area contributed by atoms with Crippen LogP contribution >= 0.6 is 0 Å². The molecule has 2 heteroatoms. The lowest BCUT2D eigenvalue weighted by Crippen LogP contribution is -2.16. The van der Waals surface area contributed by atoms with Gasteiger partial charge in [0.15, 0.2) is 0 Å². The van der Waals surface area contributed by atoms with Crippen molar-refractivity contribution in [3.05, 3.63) is 211 Å². The second kappa shape index (κ2) is 13.0. The van der Waals surface area contributed by atoms with E-state index < -0.39 is 0 Å². The molecule has 0 atom stereocenters. The molecule has 1 aliphatic carbocycles. The molecule has 1 aliphatic rings. The molecular formula is C55H39NO. The average Bonchev–Trinajstić information content (AvgIpc) is 3.76. The standard InChI is InChI=1S/C55H39NO/c1-55(2)50-33-28-40(43-21-13-22-47-45-19-11-12-23-52(45)57-54(43)47)34-48(50)49-35-51(44-18-9-10-20-46(44)53(49)55)56(41-29-24-38(25-30-41)36-14-5-3-6-15-36)42-31-26-39(27-32-42)37-16-7-4-8-17-37/h3-35H,1-2H3. The van der Waals surface area contributed by atoms with Gasteiger partial charge >= 0.3 is 0 Å². The lowest BCUT2D eigenvalue weighted by atomic mass is 9.79. The van der Waals surface area contributed by atoms with Gasteiger partial charge in [-0.25, -0.2) is 0 Å². The molecule has 1 heterocycles. The highest BCUT2D eigenvalue weighted by atomic mass is 16.3. The van der Waals surface area contributed by atoms with E-state index >= 15 is 0 Å². The Bertz CT molecular complexity index is 3040. The number of nitrogens with zero attached hydrogens (tertiary/aromatic N) is 1. The van der Waals surface area contributed by atoms with Gasteiger partial charge in [0.25, 0.3) is 0 Å². The van der Waals surface area contributed by atoms with Gasteiger partial charge < -0.3 is 9.32 Å².